The number of carbonyl (C=O) groups is 1. The highest BCUT2D eigenvalue weighted by Gasteiger charge is 2.26. The monoisotopic (exact) mass is 405 g/mol. The van der Waals surface area contributed by atoms with Crippen molar-refractivity contribution in [2.45, 2.75) is 13.8 Å². The Balaban J connectivity index is 2.05. The molecule has 0 aliphatic heterocycles. The molecule has 1 heterocycles. The first-order valence-electron chi connectivity index (χ1n) is 10.3. The van der Waals surface area contributed by atoms with Gasteiger partial charge in [-0.3, -0.25) is 0 Å². The van der Waals surface area contributed by atoms with Gasteiger partial charge >= 0.3 is 5.97 Å². The third kappa shape index (κ3) is 4.15. The van der Waals surface area contributed by atoms with Gasteiger partial charge in [0.2, 0.25) is 0 Å². The van der Waals surface area contributed by atoms with E-state index in [-0.39, 0.29) is 5.97 Å². The number of benzene rings is 3. The Bertz CT molecular complexity index is 1240. The second kappa shape index (κ2) is 9.19. The number of nitrogens with zero attached hydrogens (tertiary/aromatic N) is 1. The van der Waals surface area contributed by atoms with Gasteiger partial charge in [-0.2, -0.15) is 0 Å². The van der Waals surface area contributed by atoms with Crippen LogP contribution in [0.2, 0.25) is 0 Å². The van der Waals surface area contributed by atoms with E-state index in [1.54, 1.807) is 0 Å². The minimum absolute atomic E-state index is 0.307. The lowest BCUT2D eigenvalue weighted by atomic mass is 10.0. The molecule has 0 bridgehead atoms. The molecule has 1 aromatic heterocycles. The Kier molecular flexibility index (Phi) is 6.01. The first-order valence-corrected chi connectivity index (χ1v) is 10.3. The van der Waals surface area contributed by atoms with Crippen LogP contribution in [0.4, 0.5) is 0 Å². The van der Waals surface area contributed by atoms with Gasteiger partial charge in [-0.15, -0.1) is 0 Å². The summed E-state index contributed by atoms with van der Waals surface area (Å²) in [4.78, 5) is 13.0. The van der Waals surface area contributed by atoms with Crippen molar-refractivity contribution in [2.24, 2.45) is 0 Å². The second-order valence-corrected chi connectivity index (χ2v) is 7.06. The summed E-state index contributed by atoms with van der Waals surface area (Å²) in [6.07, 6.45) is 0. The Hall–Kier alpha value is -4.03. The average Bonchev–Trinajstić information content (AvgIpc) is 3.11. The fraction of sp³-hybridized carbons (Fsp3) is 0.107. The predicted molar refractivity (Wildman–Crippen MR) is 124 cm³/mol. The van der Waals surface area contributed by atoms with Crippen LogP contribution in [-0.4, -0.2) is 17.1 Å². The van der Waals surface area contributed by atoms with Crippen LogP contribution in [0.3, 0.4) is 0 Å². The molecule has 31 heavy (non-hydrogen) atoms. The number of carbonyl (C=O) groups excluding carboxylic acids is 1. The number of para-hydroxylation sites is 1. The fourth-order valence-corrected chi connectivity index (χ4v) is 3.69. The van der Waals surface area contributed by atoms with Gasteiger partial charge in [0.25, 0.3) is 0 Å². The summed E-state index contributed by atoms with van der Waals surface area (Å²) in [6, 6.07) is 29.8. The van der Waals surface area contributed by atoms with Gasteiger partial charge in [-0.1, -0.05) is 78.6 Å². The van der Waals surface area contributed by atoms with E-state index in [0.29, 0.717) is 17.7 Å². The zero-order valence-electron chi connectivity index (χ0n) is 17.6. The molecule has 0 saturated carbocycles. The van der Waals surface area contributed by atoms with Crippen molar-refractivity contribution < 1.29 is 9.53 Å². The number of aromatic nitrogens is 1. The molecule has 0 radical (unpaired) electrons. The molecule has 3 aromatic carbocycles. The second-order valence-electron chi connectivity index (χ2n) is 7.06. The van der Waals surface area contributed by atoms with Crippen LogP contribution in [-0.2, 0) is 4.74 Å². The molecule has 0 aliphatic rings. The topological polar surface area (TPSA) is 31.2 Å². The third-order valence-corrected chi connectivity index (χ3v) is 5.05. The van der Waals surface area contributed by atoms with E-state index in [1.165, 1.54) is 0 Å². The lowest BCUT2D eigenvalue weighted by Gasteiger charge is -2.12. The summed E-state index contributed by atoms with van der Waals surface area (Å²) >= 11 is 0. The first kappa shape index (κ1) is 20.3. The zero-order chi connectivity index (χ0) is 21.6. The molecule has 0 atom stereocenters. The van der Waals surface area contributed by atoms with Gasteiger partial charge in [-0.05, 0) is 43.7 Å². The Morgan fingerprint density at radius 3 is 2.03 bits per heavy atom. The van der Waals surface area contributed by atoms with Gasteiger partial charge in [0, 0.05) is 16.9 Å². The van der Waals surface area contributed by atoms with Crippen molar-refractivity contribution in [2.75, 3.05) is 6.61 Å². The summed E-state index contributed by atoms with van der Waals surface area (Å²) in [5, 5.41) is 0. The predicted octanol–water partition coefficient (Wildman–Crippen LogP) is 6.03. The molecule has 0 aliphatic carbocycles. The highest BCUT2D eigenvalue weighted by atomic mass is 16.5. The molecular formula is C28H23NO2. The van der Waals surface area contributed by atoms with Crippen LogP contribution in [0.5, 0.6) is 0 Å². The number of ether oxygens (including phenoxy) is 1. The largest absolute Gasteiger partial charge is 0.462 e. The van der Waals surface area contributed by atoms with E-state index in [4.69, 9.17) is 4.74 Å². The third-order valence-electron chi connectivity index (χ3n) is 5.05. The van der Waals surface area contributed by atoms with Gasteiger partial charge in [0.05, 0.1) is 23.4 Å². The van der Waals surface area contributed by atoms with E-state index in [0.717, 1.165) is 28.2 Å². The van der Waals surface area contributed by atoms with Crippen LogP contribution in [0.25, 0.3) is 16.9 Å². The summed E-state index contributed by atoms with van der Waals surface area (Å²) in [7, 11) is 0. The average molecular weight is 405 g/mol. The van der Waals surface area contributed by atoms with Crippen molar-refractivity contribution in [3.8, 4) is 28.8 Å². The van der Waals surface area contributed by atoms with Crippen molar-refractivity contribution in [1.82, 2.24) is 4.57 Å². The van der Waals surface area contributed by atoms with Crippen LogP contribution >= 0.6 is 0 Å². The summed E-state index contributed by atoms with van der Waals surface area (Å²) in [5.41, 5.74) is 5.72. The number of esters is 1. The minimum atomic E-state index is -0.357. The molecule has 4 rings (SSSR count). The highest BCUT2D eigenvalue weighted by Crippen LogP contribution is 2.34. The van der Waals surface area contributed by atoms with E-state index in [2.05, 4.69) is 16.4 Å². The molecule has 3 nitrogen and oxygen atoms in total. The van der Waals surface area contributed by atoms with Crippen molar-refractivity contribution in [3.63, 3.8) is 0 Å². The fourth-order valence-electron chi connectivity index (χ4n) is 3.69. The number of rotatable bonds is 4. The standard InChI is InChI=1S/C28H23NO2/c1-3-31-28(30)26-21(2)29(24-17-11-6-12-18-24)27(23-15-9-5-10-16-23)25(26)20-19-22-13-7-4-8-14-22/h4-18H,3H2,1-2H3. The molecule has 0 N–H and O–H groups in total. The molecule has 0 amide bonds. The molecule has 0 spiro atoms. The minimum Gasteiger partial charge on any atom is -0.462 e. The Morgan fingerprint density at radius 2 is 1.42 bits per heavy atom. The Morgan fingerprint density at radius 1 is 0.839 bits per heavy atom. The zero-order valence-corrected chi connectivity index (χ0v) is 17.6. The molecule has 152 valence electrons. The smallest absolute Gasteiger partial charge is 0.341 e. The van der Waals surface area contributed by atoms with Crippen LogP contribution < -0.4 is 0 Å². The number of hydrogen-bond donors (Lipinski definition) is 0. The SMILES string of the molecule is CCOC(=O)c1c(C#Cc2ccccc2)c(-c2ccccc2)n(-c2ccccc2)c1C. The lowest BCUT2D eigenvalue weighted by Crippen LogP contribution is -2.08. The van der Waals surface area contributed by atoms with Crippen molar-refractivity contribution in [1.29, 1.82) is 0 Å². The molecule has 4 aromatic rings. The first-order chi connectivity index (χ1) is 15.2. The van der Waals surface area contributed by atoms with Gasteiger partial charge in [-0.25, -0.2) is 4.79 Å². The van der Waals surface area contributed by atoms with E-state index in [9.17, 15) is 4.79 Å². The molecule has 0 unspecified atom stereocenters. The molecule has 0 fully saturated rings. The van der Waals surface area contributed by atoms with Crippen LogP contribution in [0.1, 0.15) is 34.1 Å². The Labute approximate surface area is 182 Å². The van der Waals surface area contributed by atoms with Crippen molar-refractivity contribution in [3.05, 3.63) is 113 Å². The number of hydrogen-bond acceptors (Lipinski definition) is 2. The van der Waals surface area contributed by atoms with Crippen LogP contribution in [0, 0.1) is 18.8 Å². The highest BCUT2D eigenvalue weighted by molar-refractivity contribution is 5.97. The maximum absolute atomic E-state index is 13.0. The lowest BCUT2D eigenvalue weighted by molar-refractivity contribution is 0.0525. The molecule has 0 saturated heterocycles. The maximum atomic E-state index is 13.0. The van der Waals surface area contributed by atoms with E-state index >= 15 is 0 Å². The normalized spacial score (nSPS) is 10.3. The summed E-state index contributed by atoms with van der Waals surface area (Å²) in [5.74, 6) is 6.17. The summed E-state index contributed by atoms with van der Waals surface area (Å²) in [6.45, 7) is 4.06. The quantitative estimate of drug-likeness (QED) is 0.307. The van der Waals surface area contributed by atoms with E-state index in [1.807, 2.05) is 105 Å². The molecular weight excluding hydrogens is 382 g/mol. The van der Waals surface area contributed by atoms with Gasteiger partial charge in [0.15, 0.2) is 0 Å². The maximum Gasteiger partial charge on any atom is 0.341 e. The summed E-state index contributed by atoms with van der Waals surface area (Å²) < 4.78 is 7.52. The van der Waals surface area contributed by atoms with Gasteiger partial charge < -0.3 is 9.30 Å². The van der Waals surface area contributed by atoms with Crippen LogP contribution in [0.15, 0.2) is 91.0 Å². The van der Waals surface area contributed by atoms with E-state index < -0.39 is 0 Å². The van der Waals surface area contributed by atoms with Crippen molar-refractivity contribution >= 4 is 5.97 Å². The molecule has 3 heteroatoms. The van der Waals surface area contributed by atoms with Gasteiger partial charge in [0.1, 0.15) is 0 Å².